The molecular weight excluding hydrogens is 227 g/mol. The van der Waals surface area contributed by atoms with E-state index in [0.717, 1.165) is 12.8 Å². The van der Waals surface area contributed by atoms with Crippen molar-refractivity contribution >= 4 is 13.8 Å². The molecule has 0 spiro atoms. The zero-order chi connectivity index (χ0) is 12.5. The number of phosphoric acid groups is 1. The van der Waals surface area contributed by atoms with Gasteiger partial charge >= 0.3 is 13.8 Å². The molecule has 0 aromatic heterocycles. The van der Waals surface area contributed by atoms with Gasteiger partial charge in [0, 0.05) is 5.57 Å². The van der Waals surface area contributed by atoms with Gasteiger partial charge in [-0.05, 0) is 13.3 Å². The SMILES string of the molecule is CCCC=C(C)C(=O)OO.O=P(O)(O)O. The topological polar surface area (TPSA) is 124 Å². The van der Waals surface area contributed by atoms with Crippen LogP contribution < -0.4 is 0 Å². The van der Waals surface area contributed by atoms with E-state index in [4.69, 9.17) is 24.5 Å². The lowest BCUT2D eigenvalue weighted by Crippen LogP contribution is -2.01. The molecule has 0 aliphatic carbocycles. The van der Waals surface area contributed by atoms with Crippen molar-refractivity contribution in [3.8, 4) is 0 Å². The summed E-state index contributed by atoms with van der Waals surface area (Å²) in [5, 5.41) is 7.91. The summed E-state index contributed by atoms with van der Waals surface area (Å²) in [5.74, 6) is -0.673. The minimum atomic E-state index is -4.64. The van der Waals surface area contributed by atoms with E-state index in [9.17, 15) is 4.79 Å². The normalized spacial score (nSPS) is 11.5. The Kier molecular flexibility index (Phi) is 9.55. The third-order valence-electron chi connectivity index (χ3n) is 1.14. The maximum absolute atomic E-state index is 10.5. The van der Waals surface area contributed by atoms with Crippen molar-refractivity contribution in [2.75, 3.05) is 0 Å². The Morgan fingerprint density at radius 2 is 1.80 bits per heavy atom. The van der Waals surface area contributed by atoms with E-state index < -0.39 is 13.8 Å². The van der Waals surface area contributed by atoms with Gasteiger partial charge < -0.3 is 14.7 Å². The van der Waals surface area contributed by atoms with Crippen LogP contribution in [0.2, 0.25) is 0 Å². The van der Waals surface area contributed by atoms with E-state index in [1.807, 2.05) is 6.92 Å². The van der Waals surface area contributed by atoms with Gasteiger partial charge in [-0.15, -0.1) is 0 Å². The van der Waals surface area contributed by atoms with Crippen molar-refractivity contribution in [2.45, 2.75) is 26.7 Å². The van der Waals surface area contributed by atoms with Gasteiger partial charge in [0.25, 0.3) is 0 Å². The summed E-state index contributed by atoms with van der Waals surface area (Å²) in [6.07, 6.45) is 3.55. The van der Waals surface area contributed by atoms with E-state index in [1.165, 1.54) is 0 Å². The molecule has 0 saturated heterocycles. The standard InChI is InChI=1S/C7H12O3.H3O4P/c1-3-4-5-6(2)7(8)10-9;1-5(2,3)4/h5,9H,3-4H2,1-2H3;(H3,1,2,3,4). The number of rotatable bonds is 3. The molecule has 0 unspecified atom stereocenters. The molecule has 0 amide bonds. The number of carbonyl (C=O) groups is 1. The highest BCUT2D eigenvalue weighted by Crippen LogP contribution is 2.25. The highest BCUT2D eigenvalue weighted by Gasteiger charge is 2.02. The monoisotopic (exact) mass is 242 g/mol. The Bertz CT molecular complexity index is 246. The lowest BCUT2D eigenvalue weighted by molar-refractivity contribution is -0.229. The second-order valence-corrected chi connectivity index (χ2v) is 3.59. The van der Waals surface area contributed by atoms with Crippen molar-refractivity contribution in [1.82, 2.24) is 0 Å². The molecule has 0 aromatic rings. The zero-order valence-electron chi connectivity index (χ0n) is 8.45. The minimum absolute atomic E-state index is 0.448. The van der Waals surface area contributed by atoms with Gasteiger partial charge in [-0.1, -0.05) is 19.4 Å². The second kappa shape index (κ2) is 8.58. The predicted octanol–water partition coefficient (Wildman–Crippen LogP) is 0.820. The van der Waals surface area contributed by atoms with Gasteiger partial charge in [0.05, 0.1) is 0 Å². The second-order valence-electron chi connectivity index (χ2n) is 2.57. The Labute approximate surface area is 87.2 Å². The van der Waals surface area contributed by atoms with E-state index in [2.05, 4.69) is 4.89 Å². The lowest BCUT2D eigenvalue weighted by atomic mass is 10.2. The number of carbonyl (C=O) groups excluding carboxylic acids is 1. The van der Waals surface area contributed by atoms with Gasteiger partial charge in [-0.2, -0.15) is 5.26 Å². The van der Waals surface area contributed by atoms with Crippen molar-refractivity contribution < 1.29 is 34.2 Å². The number of hydrogen-bond donors (Lipinski definition) is 4. The maximum Gasteiger partial charge on any atom is 0.466 e. The smallest absolute Gasteiger partial charge is 0.303 e. The molecule has 4 N–H and O–H groups in total. The van der Waals surface area contributed by atoms with E-state index in [-0.39, 0.29) is 0 Å². The van der Waals surface area contributed by atoms with Crippen LogP contribution in [0.15, 0.2) is 11.6 Å². The van der Waals surface area contributed by atoms with Gasteiger partial charge in [0.2, 0.25) is 0 Å². The first-order valence-corrected chi connectivity index (χ1v) is 5.59. The molecule has 15 heavy (non-hydrogen) atoms. The van der Waals surface area contributed by atoms with E-state index >= 15 is 0 Å². The van der Waals surface area contributed by atoms with Gasteiger partial charge in [-0.25, -0.2) is 9.36 Å². The molecule has 7 nitrogen and oxygen atoms in total. The highest BCUT2D eigenvalue weighted by molar-refractivity contribution is 7.45. The Morgan fingerprint density at radius 1 is 1.40 bits per heavy atom. The number of unbranched alkanes of at least 4 members (excludes halogenated alkanes) is 1. The predicted molar refractivity (Wildman–Crippen MR) is 51.6 cm³/mol. The molecule has 0 bridgehead atoms. The first kappa shape index (κ1) is 16.7. The van der Waals surface area contributed by atoms with Crippen LogP contribution in [0.3, 0.4) is 0 Å². The van der Waals surface area contributed by atoms with Crippen LogP contribution in [-0.4, -0.2) is 25.9 Å². The third-order valence-corrected chi connectivity index (χ3v) is 1.14. The van der Waals surface area contributed by atoms with Crippen molar-refractivity contribution in [3.63, 3.8) is 0 Å². The summed E-state index contributed by atoms with van der Waals surface area (Å²) in [7, 11) is -4.64. The molecule has 0 atom stereocenters. The molecule has 90 valence electrons. The first-order chi connectivity index (χ1) is 6.72. The summed E-state index contributed by atoms with van der Waals surface area (Å²) in [5.41, 5.74) is 0.448. The van der Waals surface area contributed by atoms with Crippen LogP contribution in [0, 0.1) is 0 Å². The lowest BCUT2D eigenvalue weighted by Gasteiger charge is -1.93. The molecule has 0 heterocycles. The Morgan fingerprint density at radius 3 is 2.07 bits per heavy atom. The summed E-state index contributed by atoms with van der Waals surface area (Å²) in [4.78, 5) is 35.5. The number of hydrogen-bond acceptors (Lipinski definition) is 4. The molecule has 0 aliphatic rings. The van der Waals surface area contributed by atoms with Gasteiger partial charge in [0.15, 0.2) is 0 Å². The largest absolute Gasteiger partial charge is 0.466 e. The zero-order valence-corrected chi connectivity index (χ0v) is 9.35. The molecule has 0 aromatic carbocycles. The molecule has 0 fully saturated rings. The molecule has 0 aliphatic heterocycles. The number of allylic oxidation sites excluding steroid dienone is 1. The van der Waals surface area contributed by atoms with E-state index in [1.54, 1.807) is 13.0 Å². The molecule has 0 saturated carbocycles. The fourth-order valence-electron chi connectivity index (χ4n) is 0.516. The summed E-state index contributed by atoms with van der Waals surface area (Å²) >= 11 is 0. The summed E-state index contributed by atoms with van der Waals surface area (Å²) in [6.45, 7) is 3.61. The van der Waals surface area contributed by atoms with Crippen LogP contribution in [0.1, 0.15) is 26.7 Å². The highest BCUT2D eigenvalue weighted by atomic mass is 31.2. The van der Waals surface area contributed by atoms with Gasteiger partial charge in [0.1, 0.15) is 0 Å². The average molecular weight is 242 g/mol. The van der Waals surface area contributed by atoms with Gasteiger partial charge in [-0.3, -0.25) is 4.89 Å². The van der Waals surface area contributed by atoms with Crippen LogP contribution in [0.5, 0.6) is 0 Å². The quantitative estimate of drug-likeness (QED) is 0.250. The fraction of sp³-hybridized carbons (Fsp3) is 0.571. The summed E-state index contributed by atoms with van der Waals surface area (Å²) in [6, 6.07) is 0. The molecule has 8 heteroatoms. The van der Waals surface area contributed by atoms with Crippen LogP contribution in [0.4, 0.5) is 0 Å². The van der Waals surface area contributed by atoms with Crippen LogP contribution in [0.25, 0.3) is 0 Å². The molecule has 0 rings (SSSR count). The van der Waals surface area contributed by atoms with Crippen LogP contribution >= 0.6 is 7.82 Å². The molecule has 0 radical (unpaired) electrons. The summed E-state index contributed by atoms with van der Waals surface area (Å²) < 4.78 is 8.88. The Balaban J connectivity index is 0. The fourth-order valence-corrected chi connectivity index (χ4v) is 0.516. The van der Waals surface area contributed by atoms with Crippen LogP contribution in [-0.2, 0) is 14.2 Å². The third kappa shape index (κ3) is 19.6. The van der Waals surface area contributed by atoms with Crippen molar-refractivity contribution in [3.05, 3.63) is 11.6 Å². The van der Waals surface area contributed by atoms with E-state index in [0.29, 0.717) is 5.57 Å². The first-order valence-electron chi connectivity index (χ1n) is 4.03. The average Bonchev–Trinajstić information content (AvgIpc) is 2.10. The Hall–Kier alpha value is -0.720. The van der Waals surface area contributed by atoms with Crippen molar-refractivity contribution in [1.29, 1.82) is 0 Å². The van der Waals surface area contributed by atoms with Crippen molar-refractivity contribution in [2.24, 2.45) is 0 Å². The molecular formula is C7H15O7P. The maximum atomic E-state index is 10.5. The minimum Gasteiger partial charge on any atom is -0.303 e.